The largest absolute Gasteiger partial charge is 0.462 e. The minimum absolute atomic E-state index is 0.0107. The Hall–Kier alpha value is -1.78. The summed E-state index contributed by atoms with van der Waals surface area (Å²) in [4.78, 5) is 26.0. The van der Waals surface area contributed by atoms with Gasteiger partial charge in [-0.15, -0.1) is 0 Å². The van der Waals surface area contributed by atoms with E-state index in [1.165, 1.54) is 6.92 Å². The summed E-state index contributed by atoms with van der Waals surface area (Å²) in [7, 11) is 0. The molecule has 2 saturated carbocycles. The maximum Gasteiger partial charge on any atom is 0.311 e. The van der Waals surface area contributed by atoms with Gasteiger partial charge in [0.25, 0.3) is 0 Å². The number of aliphatic hydroxyl groups excluding tert-OH is 3. The van der Waals surface area contributed by atoms with Gasteiger partial charge in [0.05, 0.1) is 18.1 Å². The summed E-state index contributed by atoms with van der Waals surface area (Å²) in [5.74, 6) is -0.850. The number of carbonyl (C=O) groups is 2. The average Bonchev–Trinajstić information content (AvgIpc) is 3.23. The molecule has 1 heterocycles. The number of hydrogen-bond acceptors (Lipinski definition) is 9. The number of carbonyl (C=O) groups excluding carboxylic acids is 2. The van der Waals surface area contributed by atoms with Gasteiger partial charge in [-0.2, -0.15) is 0 Å². The van der Waals surface area contributed by atoms with Gasteiger partial charge in [0, 0.05) is 12.3 Å². The number of aliphatic hydroxyl groups is 4. The van der Waals surface area contributed by atoms with Gasteiger partial charge in [-0.3, -0.25) is 9.59 Å². The highest BCUT2D eigenvalue weighted by Crippen LogP contribution is 2.72. The van der Waals surface area contributed by atoms with Crippen molar-refractivity contribution in [3.05, 3.63) is 23.3 Å². The average molecular weight is 647 g/mol. The fourth-order valence-corrected chi connectivity index (χ4v) is 10.8. The van der Waals surface area contributed by atoms with Crippen molar-refractivity contribution >= 4 is 11.9 Å². The van der Waals surface area contributed by atoms with Crippen molar-refractivity contribution in [2.45, 2.75) is 149 Å². The standard InChI is InChI=1S/C37H58O9/c1-21(38)45-28-15-17-35(6)24-14-19-36(7)23(13-18-37(36,8)25(24)11-12-27(35)34(28,4)5)22(10-9-16-33(2,3)43)31(42)46-32-30(41)29(40)26(39)20-44-32/h9,16,22-23,26-30,32,39-41,43H,10-15,17-20H2,1-8H3/b16-9+/t22-,23-,26-,27+,28-,29+,30-,32+,35-,36-,37+/m1/s1. The summed E-state index contributed by atoms with van der Waals surface area (Å²) in [6, 6.07) is 0. The molecule has 260 valence electrons. The van der Waals surface area contributed by atoms with E-state index in [0.29, 0.717) is 12.3 Å². The predicted octanol–water partition coefficient (Wildman–Crippen LogP) is 4.98. The van der Waals surface area contributed by atoms with E-state index >= 15 is 0 Å². The van der Waals surface area contributed by atoms with Gasteiger partial charge < -0.3 is 34.6 Å². The second-order valence-corrected chi connectivity index (χ2v) is 16.9. The Kier molecular flexibility index (Phi) is 9.48. The molecule has 5 aliphatic rings. The molecule has 46 heavy (non-hydrogen) atoms. The Morgan fingerprint density at radius 3 is 2.30 bits per heavy atom. The summed E-state index contributed by atoms with van der Waals surface area (Å²) in [5.41, 5.74) is 1.73. The van der Waals surface area contributed by atoms with Gasteiger partial charge in [0.15, 0.2) is 0 Å². The SMILES string of the molecule is CC(=O)O[C@@H]1CC[C@]2(C)C3=C(CC[C@H]2C1(C)C)[C@]1(C)CC[C@H]([C@@H](C/C=C/C(C)(C)O)C(=O)O[C@@H]2OC[C@@H](O)[C@H](O)[C@H]2O)[C@@]1(C)CC3. The lowest BCUT2D eigenvalue weighted by Gasteiger charge is -2.62. The lowest BCUT2D eigenvalue weighted by Crippen LogP contribution is -2.56. The minimum Gasteiger partial charge on any atom is -0.462 e. The van der Waals surface area contributed by atoms with Gasteiger partial charge >= 0.3 is 11.9 Å². The number of allylic oxidation sites excluding steroid dienone is 3. The molecule has 11 atom stereocenters. The molecule has 4 N–H and O–H groups in total. The molecule has 0 aromatic heterocycles. The Morgan fingerprint density at radius 1 is 0.957 bits per heavy atom. The summed E-state index contributed by atoms with van der Waals surface area (Å²) in [6.07, 6.45) is 5.80. The lowest BCUT2D eigenvalue weighted by molar-refractivity contribution is -0.265. The van der Waals surface area contributed by atoms with E-state index in [4.69, 9.17) is 14.2 Å². The van der Waals surface area contributed by atoms with Crippen LogP contribution < -0.4 is 0 Å². The topological polar surface area (TPSA) is 143 Å². The number of esters is 2. The van der Waals surface area contributed by atoms with Gasteiger partial charge in [-0.25, -0.2) is 0 Å². The highest BCUT2D eigenvalue weighted by Gasteiger charge is 2.64. The molecule has 1 aliphatic heterocycles. The van der Waals surface area contributed by atoms with Crippen LogP contribution in [0.5, 0.6) is 0 Å². The normalized spacial score (nSPS) is 43.0. The van der Waals surface area contributed by atoms with Crippen molar-refractivity contribution in [2.24, 2.45) is 39.4 Å². The van der Waals surface area contributed by atoms with E-state index in [-0.39, 0.29) is 46.3 Å². The zero-order chi connectivity index (χ0) is 34.0. The van der Waals surface area contributed by atoms with Crippen molar-refractivity contribution in [1.82, 2.24) is 0 Å². The van der Waals surface area contributed by atoms with Crippen molar-refractivity contribution in [2.75, 3.05) is 6.61 Å². The molecular formula is C37H58O9. The van der Waals surface area contributed by atoms with E-state index in [0.717, 1.165) is 51.4 Å². The van der Waals surface area contributed by atoms with Crippen LogP contribution in [-0.4, -0.2) is 75.3 Å². The van der Waals surface area contributed by atoms with Crippen LogP contribution in [0, 0.1) is 39.4 Å². The van der Waals surface area contributed by atoms with Crippen LogP contribution >= 0.6 is 0 Å². The zero-order valence-electron chi connectivity index (χ0n) is 29.2. The van der Waals surface area contributed by atoms with Crippen molar-refractivity contribution in [3.8, 4) is 0 Å². The predicted molar refractivity (Wildman–Crippen MR) is 172 cm³/mol. The Balaban J connectivity index is 1.45. The zero-order valence-corrected chi connectivity index (χ0v) is 29.2. The second-order valence-electron chi connectivity index (χ2n) is 16.9. The number of fused-ring (bicyclic) bond motifs is 4. The first-order valence-corrected chi connectivity index (χ1v) is 17.4. The molecule has 0 unspecified atom stereocenters. The van der Waals surface area contributed by atoms with Crippen molar-refractivity contribution in [3.63, 3.8) is 0 Å². The van der Waals surface area contributed by atoms with Crippen LogP contribution in [0.25, 0.3) is 0 Å². The summed E-state index contributed by atoms with van der Waals surface area (Å²) >= 11 is 0. The summed E-state index contributed by atoms with van der Waals surface area (Å²) in [6.45, 7) is 16.4. The van der Waals surface area contributed by atoms with E-state index in [9.17, 15) is 30.0 Å². The van der Waals surface area contributed by atoms with Crippen LogP contribution in [0.3, 0.4) is 0 Å². The van der Waals surface area contributed by atoms with E-state index in [1.54, 1.807) is 31.1 Å². The first-order chi connectivity index (χ1) is 21.3. The molecule has 9 heteroatoms. The van der Waals surface area contributed by atoms with Crippen LogP contribution in [0.1, 0.15) is 113 Å². The Labute approximate surface area is 274 Å². The Bertz CT molecular complexity index is 1250. The van der Waals surface area contributed by atoms with Gasteiger partial charge in [0.2, 0.25) is 6.29 Å². The van der Waals surface area contributed by atoms with Gasteiger partial charge in [-0.05, 0) is 99.7 Å². The van der Waals surface area contributed by atoms with Crippen LogP contribution in [0.4, 0.5) is 0 Å². The third-order valence-corrected chi connectivity index (χ3v) is 13.5. The molecule has 0 aromatic carbocycles. The van der Waals surface area contributed by atoms with E-state index in [2.05, 4.69) is 34.6 Å². The first-order valence-electron chi connectivity index (χ1n) is 17.4. The molecule has 1 saturated heterocycles. The minimum atomic E-state index is -1.55. The first kappa shape index (κ1) is 35.5. The molecule has 0 aromatic rings. The van der Waals surface area contributed by atoms with Crippen LogP contribution in [0.2, 0.25) is 0 Å². The smallest absolute Gasteiger partial charge is 0.311 e. The molecule has 0 bridgehead atoms. The van der Waals surface area contributed by atoms with Crippen molar-refractivity contribution in [1.29, 1.82) is 0 Å². The quantitative estimate of drug-likeness (QED) is 0.222. The molecule has 4 aliphatic carbocycles. The maximum atomic E-state index is 14.0. The molecule has 0 amide bonds. The molecule has 3 fully saturated rings. The number of ether oxygens (including phenoxy) is 3. The van der Waals surface area contributed by atoms with Gasteiger partial charge in [-0.1, -0.05) is 57.9 Å². The highest BCUT2D eigenvalue weighted by atomic mass is 16.7. The molecule has 9 nitrogen and oxygen atoms in total. The Morgan fingerprint density at radius 2 is 1.65 bits per heavy atom. The molecular weight excluding hydrogens is 588 g/mol. The van der Waals surface area contributed by atoms with Gasteiger partial charge in [0.1, 0.15) is 24.4 Å². The third-order valence-electron chi connectivity index (χ3n) is 13.5. The molecule has 0 spiro atoms. The van der Waals surface area contributed by atoms with E-state index < -0.39 is 42.1 Å². The monoisotopic (exact) mass is 646 g/mol. The highest BCUT2D eigenvalue weighted by molar-refractivity contribution is 5.73. The third kappa shape index (κ3) is 5.90. The second kappa shape index (κ2) is 12.3. The van der Waals surface area contributed by atoms with Crippen LogP contribution in [-0.2, 0) is 23.8 Å². The van der Waals surface area contributed by atoms with E-state index in [1.807, 2.05) is 6.08 Å². The lowest BCUT2D eigenvalue weighted by atomic mass is 9.43. The maximum absolute atomic E-state index is 14.0. The number of rotatable bonds is 7. The van der Waals surface area contributed by atoms with Crippen molar-refractivity contribution < 1.29 is 44.2 Å². The summed E-state index contributed by atoms with van der Waals surface area (Å²) < 4.78 is 17.1. The van der Waals surface area contributed by atoms with Crippen LogP contribution in [0.15, 0.2) is 23.3 Å². The molecule has 5 rings (SSSR count). The number of hydrogen-bond donors (Lipinski definition) is 4. The molecule has 0 radical (unpaired) electrons. The fourth-order valence-electron chi connectivity index (χ4n) is 10.8. The summed E-state index contributed by atoms with van der Waals surface area (Å²) in [5, 5.41) is 41.0. The fraction of sp³-hybridized carbons (Fsp3) is 0.838.